The zero-order valence-corrected chi connectivity index (χ0v) is 20.9. The Hall–Kier alpha value is -3.23. The smallest absolute Gasteiger partial charge is 0.241 e. The van der Waals surface area contributed by atoms with Gasteiger partial charge in [-0.3, -0.25) is 0 Å². The zero-order chi connectivity index (χ0) is 25.4. The molecule has 0 amide bonds. The van der Waals surface area contributed by atoms with Gasteiger partial charge in [0.25, 0.3) is 0 Å². The predicted molar refractivity (Wildman–Crippen MR) is 133 cm³/mol. The number of nitrogens with zero attached hydrogens (tertiary/aromatic N) is 3. The van der Waals surface area contributed by atoms with Crippen molar-refractivity contribution in [2.75, 3.05) is 27.1 Å². The molecule has 2 aromatic heterocycles. The highest BCUT2D eigenvalue weighted by Crippen LogP contribution is 2.38. The topological polar surface area (TPSA) is 92.4 Å². The van der Waals surface area contributed by atoms with E-state index in [0.29, 0.717) is 10.9 Å². The van der Waals surface area contributed by atoms with Crippen molar-refractivity contribution in [1.82, 2.24) is 15.0 Å². The van der Waals surface area contributed by atoms with E-state index in [1.54, 1.807) is 0 Å². The van der Waals surface area contributed by atoms with Crippen molar-refractivity contribution in [2.24, 2.45) is 5.92 Å². The third-order valence-electron chi connectivity index (χ3n) is 6.27. The van der Waals surface area contributed by atoms with E-state index in [1.165, 1.54) is 85.0 Å². The van der Waals surface area contributed by atoms with E-state index in [-0.39, 0.29) is 29.0 Å². The molecule has 1 saturated carbocycles. The van der Waals surface area contributed by atoms with Gasteiger partial charge in [-0.1, -0.05) is 58.3 Å². The van der Waals surface area contributed by atoms with E-state index in [2.05, 4.69) is 21.9 Å². The van der Waals surface area contributed by atoms with Crippen LogP contribution in [-0.2, 0) is 0 Å². The Bertz CT molecular complexity index is 1110. The number of halogens is 2. The first-order valence-electron chi connectivity index (χ1n) is 12.0. The number of hydrogen-bond acceptors (Lipinski definition) is 7. The molecule has 0 saturated heterocycles. The van der Waals surface area contributed by atoms with Crippen molar-refractivity contribution in [3.8, 4) is 28.6 Å². The lowest BCUT2D eigenvalue weighted by Gasteiger charge is -2.24. The second-order valence-corrected chi connectivity index (χ2v) is 8.61. The molecule has 9 heteroatoms. The summed E-state index contributed by atoms with van der Waals surface area (Å²) in [5.74, 6) is -0.956. The molecular formula is C26H34F2N4O3. The zero-order valence-electron chi connectivity index (χ0n) is 20.9. The first kappa shape index (κ1) is 26.4. The van der Waals surface area contributed by atoms with Gasteiger partial charge in [-0.2, -0.15) is 0 Å². The minimum Gasteiger partial charge on any atom is -0.494 e. The number of benzene rings is 1. The highest BCUT2D eigenvalue weighted by Gasteiger charge is 2.24. The quantitative estimate of drug-likeness (QED) is 0.352. The average molecular weight is 489 g/mol. The molecule has 1 aliphatic carbocycles. The van der Waals surface area contributed by atoms with Crippen molar-refractivity contribution < 1.29 is 23.0 Å². The SMILES string of the molecule is CCCCCCC1CCC1.COc1cc(OC)c(F)c(-c2cc3cnc(N)nc3c(OC)n2)c1F. The Morgan fingerprint density at radius 3 is 2.17 bits per heavy atom. The van der Waals surface area contributed by atoms with Gasteiger partial charge in [0.1, 0.15) is 5.52 Å². The summed E-state index contributed by atoms with van der Waals surface area (Å²) in [6, 6.07) is 2.55. The van der Waals surface area contributed by atoms with Crippen molar-refractivity contribution in [3.63, 3.8) is 0 Å². The summed E-state index contributed by atoms with van der Waals surface area (Å²) >= 11 is 0. The van der Waals surface area contributed by atoms with E-state index >= 15 is 0 Å². The van der Waals surface area contributed by atoms with Gasteiger partial charge in [-0.25, -0.2) is 23.7 Å². The van der Waals surface area contributed by atoms with Crippen LogP contribution in [0.5, 0.6) is 17.4 Å². The van der Waals surface area contributed by atoms with Crippen LogP contribution in [0.15, 0.2) is 18.3 Å². The number of anilines is 1. The van der Waals surface area contributed by atoms with Gasteiger partial charge in [0.05, 0.1) is 32.6 Å². The van der Waals surface area contributed by atoms with E-state index in [0.717, 1.165) is 12.0 Å². The third kappa shape index (κ3) is 6.26. The first-order valence-corrected chi connectivity index (χ1v) is 12.0. The summed E-state index contributed by atoms with van der Waals surface area (Å²) in [7, 11) is 3.90. The summed E-state index contributed by atoms with van der Waals surface area (Å²) in [5, 5.41) is 0.455. The summed E-state index contributed by atoms with van der Waals surface area (Å²) in [6.07, 6.45) is 13.3. The Kier molecular flexibility index (Phi) is 9.39. The lowest BCUT2D eigenvalue weighted by Crippen LogP contribution is -2.10. The number of nitrogen functional groups attached to an aromatic ring is 1. The largest absolute Gasteiger partial charge is 0.494 e. The van der Waals surface area contributed by atoms with Crippen LogP contribution < -0.4 is 19.9 Å². The third-order valence-corrected chi connectivity index (χ3v) is 6.27. The molecule has 2 N–H and O–H groups in total. The molecule has 190 valence electrons. The van der Waals surface area contributed by atoms with Crippen LogP contribution in [0.3, 0.4) is 0 Å². The molecule has 1 aliphatic rings. The monoisotopic (exact) mass is 488 g/mol. The number of fused-ring (bicyclic) bond motifs is 1. The van der Waals surface area contributed by atoms with Gasteiger partial charge < -0.3 is 19.9 Å². The average Bonchev–Trinajstić information content (AvgIpc) is 2.83. The molecular weight excluding hydrogens is 454 g/mol. The minimum atomic E-state index is -0.911. The van der Waals surface area contributed by atoms with E-state index in [9.17, 15) is 8.78 Å². The van der Waals surface area contributed by atoms with Crippen LogP contribution in [0.25, 0.3) is 22.2 Å². The van der Waals surface area contributed by atoms with Crippen molar-refractivity contribution in [3.05, 3.63) is 30.0 Å². The number of hydrogen-bond donors (Lipinski definition) is 1. The normalized spacial score (nSPS) is 13.1. The van der Waals surface area contributed by atoms with Gasteiger partial charge in [0, 0.05) is 17.6 Å². The standard InChI is InChI=1S/C16H14F2N4O3.C10H20/c1-23-9-5-10(24-2)13(18)11(12(9)17)8-4-7-6-20-16(19)22-14(7)15(21-8)25-3;1-2-3-4-5-7-10-8-6-9-10/h4-6H,1-3H3,(H2,19,20,22);10H,2-9H2,1H3. The van der Waals surface area contributed by atoms with E-state index < -0.39 is 17.2 Å². The summed E-state index contributed by atoms with van der Waals surface area (Å²) < 4.78 is 44.4. The van der Waals surface area contributed by atoms with Crippen molar-refractivity contribution in [2.45, 2.75) is 58.3 Å². The maximum absolute atomic E-state index is 14.7. The fraction of sp³-hybridized carbons (Fsp3) is 0.500. The Morgan fingerprint density at radius 2 is 1.63 bits per heavy atom. The van der Waals surface area contributed by atoms with Crippen LogP contribution in [0.4, 0.5) is 14.7 Å². The fourth-order valence-corrected chi connectivity index (χ4v) is 4.05. The molecule has 2 heterocycles. The molecule has 0 bridgehead atoms. The van der Waals surface area contributed by atoms with Crippen molar-refractivity contribution >= 4 is 16.9 Å². The molecule has 7 nitrogen and oxygen atoms in total. The second-order valence-electron chi connectivity index (χ2n) is 8.61. The van der Waals surface area contributed by atoms with E-state index in [4.69, 9.17) is 19.9 Å². The Balaban J connectivity index is 0.000000287. The molecule has 0 atom stereocenters. The number of pyridine rings is 1. The number of rotatable bonds is 9. The molecule has 1 fully saturated rings. The Morgan fingerprint density at radius 1 is 0.943 bits per heavy atom. The minimum absolute atomic E-state index is 0.0232. The highest BCUT2D eigenvalue weighted by atomic mass is 19.1. The molecule has 3 aromatic rings. The molecule has 1 aromatic carbocycles. The van der Waals surface area contributed by atoms with Crippen LogP contribution in [0.2, 0.25) is 0 Å². The van der Waals surface area contributed by atoms with Crippen LogP contribution >= 0.6 is 0 Å². The number of unbranched alkanes of at least 4 members (excludes halogenated alkanes) is 3. The number of aromatic nitrogens is 3. The molecule has 35 heavy (non-hydrogen) atoms. The number of methoxy groups -OCH3 is 3. The predicted octanol–water partition coefficient (Wildman–Crippen LogP) is 6.33. The fourth-order valence-electron chi connectivity index (χ4n) is 4.05. The van der Waals surface area contributed by atoms with Crippen LogP contribution in [-0.4, -0.2) is 36.3 Å². The maximum Gasteiger partial charge on any atom is 0.241 e. The van der Waals surface area contributed by atoms with Gasteiger partial charge in [-0.05, 0) is 12.0 Å². The molecule has 0 aliphatic heterocycles. The molecule has 4 rings (SSSR count). The summed E-state index contributed by atoms with van der Waals surface area (Å²) in [5.41, 5.74) is 5.46. The van der Waals surface area contributed by atoms with Gasteiger partial charge in [-0.15, -0.1) is 0 Å². The summed E-state index contributed by atoms with van der Waals surface area (Å²) in [6.45, 7) is 2.28. The van der Waals surface area contributed by atoms with Gasteiger partial charge >= 0.3 is 0 Å². The van der Waals surface area contributed by atoms with Crippen molar-refractivity contribution in [1.29, 1.82) is 0 Å². The molecule has 0 radical (unpaired) electrons. The Labute approximate surface area is 205 Å². The second kappa shape index (κ2) is 12.5. The highest BCUT2D eigenvalue weighted by molar-refractivity contribution is 5.87. The van der Waals surface area contributed by atoms with Gasteiger partial charge in [0.2, 0.25) is 11.8 Å². The van der Waals surface area contributed by atoms with Crippen LogP contribution in [0, 0.1) is 17.6 Å². The van der Waals surface area contributed by atoms with Crippen LogP contribution in [0.1, 0.15) is 58.3 Å². The number of nitrogens with two attached hydrogens (primary N) is 1. The lowest BCUT2D eigenvalue weighted by molar-refractivity contribution is 0.286. The lowest BCUT2D eigenvalue weighted by atomic mass is 9.82. The molecule has 0 unspecified atom stereocenters. The van der Waals surface area contributed by atoms with Gasteiger partial charge in [0.15, 0.2) is 23.1 Å². The maximum atomic E-state index is 14.7. The first-order chi connectivity index (χ1) is 16.9. The molecule has 0 spiro atoms. The number of ether oxygens (including phenoxy) is 3. The van der Waals surface area contributed by atoms with E-state index in [1.807, 2.05) is 0 Å². The summed E-state index contributed by atoms with van der Waals surface area (Å²) in [4.78, 5) is 12.1.